The maximum absolute atomic E-state index is 11.5. The van der Waals surface area contributed by atoms with Gasteiger partial charge in [0.15, 0.2) is 9.84 Å². The smallest absolute Gasteiger partial charge is 0.354 e. The molecule has 0 amide bonds. The molecule has 1 aromatic heterocycles. The van der Waals surface area contributed by atoms with Gasteiger partial charge in [-0.15, -0.1) is 0 Å². The van der Waals surface area contributed by atoms with Crippen LogP contribution in [0.5, 0.6) is 17.4 Å². The van der Waals surface area contributed by atoms with Crippen LogP contribution in [0.2, 0.25) is 0 Å². The van der Waals surface area contributed by atoms with E-state index in [9.17, 15) is 18.3 Å². The first-order valence-corrected chi connectivity index (χ1v) is 9.74. The van der Waals surface area contributed by atoms with E-state index in [2.05, 4.69) is 15.5 Å². The van der Waals surface area contributed by atoms with Crippen molar-refractivity contribution >= 4 is 27.2 Å². The lowest BCUT2D eigenvalue weighted by Crippen LogP contribution is -2.15. The molecule has 0 unspecified atom stereocenters. The van der Waals surface area contributed by atoms with Crippen LogP contribution in [0.15, 0.2) is 46.5 Å². The van der Waals surface area contributed by atoms with Gasteiger partial charge < -0.3 is 14.6 Å². The van der Waals surface area contributed by atoms with Crippen molar-refractivity contribution in [1.29, 1.82) is 0 Å². The number of carbonyl (C=O) groups is 1. The fraction of sp³-hybridized carbons (Fsp3) is 0.235. The molecular formula is C17H19N3O6S. The number of aromatic nitrogens is 1. The van der Waals surface area contributed by atoms with E-state index in [1.54, 1.807) is 13.0 Å². The molecule has 0 saturated heterocycles. The van der Waals surface area contributed by atoms with E-state index in [-0.39, 0.29) is 40.3 Å². The van der Waals surface area contributed by atoms with Crippen LogP contribution in [0.25, 0.3) is 0 Å². The zero-order chi connectivity index (χ0) is 20.0. The van der Waals surface area contributed by atoms with E-state index in [0.717, 1.165) is 6.26 Å². The molecule has 27 heavy (non-hydrogen) atoms. The molecule has 1 heterocycles. The van der Waals surface area contributed by atoms with E-state index in [0.29, 0.717) is 0 Å². The van der Waals surface area contributed by atoms with Crippen molar-refractivity contribution in [2.75, 3.05) is 18.3 Å². The third kappa shape index (κ3) is 5.68. The van der Waals surface area contributed by atoms with Gasteiger partial charge in [-0.05, 0) is 32.0 Å². The van der Waals surface area contributed by atoms with Gasteiger partial charge in [0, 0.05) is 24.6 Å². The standard InChI is InChI=1S/C17H19N3O6S/c1-4-25-17(22)11(2)19-20-14-7-5-12(9-15(14)21)26-16-8-6-13(10-18-16)27(3,23)24/h5-10,20-21H,4H2,1-3H3/b19-11+. The average Bonchev–Trinajstić information content (AvgIpc) is 2.60. The summed E-state index contributed by atoms with van der Waals surface area (Å²) in [6.45, 7) is 3.40. The third-order valence-corrected chi connectivity index (χ3v) is 4.34. The van der Waals surface area contributed by atoms with Gasteiger partial charge in [0.25, 0.3) is 0 Å². The molecule has 2 N–H and O–H groups in total. The minimum absolute atomic E-state index is 0.0760. The summed E-state index contributed by atoms with van der Waals surface area (Å²) in [5.74, 6) is -0.281. The topological polar surface area (TPSA) is 127 Å². The highest BCUT2D eigenvalue weighted by atomic mass is 32.2. The van der Waals surface area contributed by atoms with Crippen LogP contribution >= 0.6 is 0 Å². The second-order valence-electron chi connectivity index (χ2n) is 5.41. The lowest BCUT2D eigenvalue weighted by atomic mass is 10.3. The molecule has 10 heteroatoms. The summed E-state index contributed by atoms with van der Waals surface area (Å²) in [4.78, 5) is 15.5. The number of pyridine rings is 1. The lowest BCUT2D eigenvalue weighted by Gasteiger charge is -2.09. The summed E-state index contributed by atoms with van der Waals surface area (Å²) in [6, 6.07) is 7.15. The number of rotatable bonds is 7. The molecule has 1 aromatic carbocycles. The molecule has 0 saturated carbocycles. The van der Waals surface area contributed by atoms with E-state index in [1.807, 2.05) is 0 Å². The number of ether oxygens (including phenoxy) is 2. The Labute approximate surface area is 156 Å². The van der Waals surface area contributed by atoms with Crippen LogP contribution in [-0.2, 0) is 19.4 Å². The number of nitrogens with one attached hydrogen (secondary N) is 1. The number of carbonyl (C=O) groups excluding carboxylic acids is 1. The summed E-state index contributed by atoms with van der Waals surface area (Å²) in [5.41, 5.74) is 2.93. The maximum atomic E-state index is 11.5. The van der Waals surface area contributed by atoms with Crippen molar-refractivity contribution in [3.63, 3.8) is 0 Å². The zero-order valence-corrected chi connectivity index (χ0v) is 15.8. The van der Waals surface area contributed by atoms with E-state index >= 15 is 0 Å². The number of aromatic hydroxyl groups is 1. The van der Waals surface area contributed by atoms with Gasteiger partial charge >= 0.3 is 5.97 Å². The maximum Gasteiger partial charge on any atom is 0.354 e. The van der Waals surface area contributed by atoms with Crippen LogP contribution in [0.3, 0.4) is 0 Å². The van der Waals surface area contributed by atoms with Gasteiger partial charge in [-0.1, -0.05) is 0 Å². The van der Waals surface area contributed by atoms with Gasteiger partial charge in [-0.25, -0.2) is 18.2 Å². The molecule has 2 aromatic rings. The number of hydrogen-bond acceptors (Lipinski definition) is 9. The Bertz CT molecular complexity index is 955. The summed E-state index contributed by atoms with van der Waals surface area (Å²) in [7, 11) is -3.34. The number of phenols is 1. The number of hydrazone groups is 1. The Hall–Kier alpha value is -3.14. The number of sulfone groups is 1. The Balaban J connectivity index is 2.08. The molecule has 0 spiro atoms. The predicted molar refractivity (Wildman–Crippen MR) is 98.9 cm³/mol. The Morgan fingerprint density at radius 2 is 2.04 bits per heavy atom. The average molecular weight is 393 g/mol. The first kappa shape index (κ1) is 20.2. The molecule has 144 valence electrons. The molecule has 0 atom stereocenters. The van der Waals surface area contributed by atoms with Crippen LogP contribution in [0.4, 0.5) is 5.69 Å². The molecule has 0 aliphatic rings. The molecule has 2 rings (SSSR count). The molecule has 0 bridgehead atoms. The van der Waals surface area contributed by atoms with Gasteiger partial charge in [0.1, 0.15) is 17.2 Å². The number of anilines is 1. The lowest BCUT2D eigenvalue weighted by molar-refractivity contribution is -0.135. The van der Waals surface area contributed by atoms with Crippen molar-refractivity contribution in [3.05, 3.63) is 36.5 Å². The largest absolute Gasteiger partial charge is 0.506 e. The van der Waals surface area contributed by atoms with E-state index in [4.69, 9.17) is 9.47 Å². The minimum Gasteiger partial charge on any atom is -0.506 e. The summed E-state index contributed by atoms with van der Waals surface area (Å²) < 4.78 is 33.1. The predicted octanol–water partition coefficient (Wildman–Crippen LogP) is 2.33. The van der Waals surface area contributed by atoms with Gasteiger partial charge in [-0.2, -0.15) is 5.10 Å². The Morgan fingerprint density at radius 3 is 2.59 bits per heavy atom. The van der Waals surface area contributed by atoms with Crippen molar-refractivity contribution in [3.8, 4) is 17.4 Å². The van der Waals surface area contributed by atoms with Crippen LogP contribution in [0.1, 0.15) is 13.8 Å². The van der Waals surface area contributed by atoms with Crippen LogP contribution in [0, 0.1) is 0 Å². The van der Waals surface area contributed by atoms with Gasteiger partial charge in [-0.3, -0.25) is 5.43 Å². The second kappa shape index (κ2) is 8.49. The number of nitrogens with zero attached hydrogens (tertiary/aromatic N) is 2. The molecule has 0 radical (unpaired) electrons. The summed E-state index contributed by atoms with van der Waals surface area (Å²) in [6.07, 6.45) is 2.27. The summed E-state index contributed by atoms with van der Waals surface area (Å²) >= 11 is 0. The van der Waals surface area contributed by atoms with E-state index in [1.165, 1.54) is 37.4 Å². The number of benzene rings is 1. The first-order valence-electron chi connectivity index (χ1n) is 7.85. The van der Waals surface area contributed by atoms with Crippen molar-refractivity contribution in [2.24, 2.45) is 5.10 Å². The van der Waals surface area contributed by atoms with Crippen molar-refractivity contribution in [1.82, 2.24) is 4.98 Å². The highest BCUT2D eigenvalue weighted by Gasteiger charge is 2.10. The molecule has 9 nitrogen and oxygen atoms in total. The molecular weight excluding hydrogens is 374 g/mol. The minimum atomic E-state index is -3.34. The second-order valence-corrected chi connectivity index (χ2v) is 7.43. The SMILES string of the molecule is CCOC(=O)/C(C)=N/Nc1ccc(Oc2ccc(S(C)(=O)=O)cn2)cc1O. The van der Waals surface area contributed by atoms with E-state index < -0.39 is 15.8 Å². The summed E-state index contributed by atoms with van der Waals surface area (Å²) in [5, 5.41) is 13.9. The van der Waals surface area contributed by atoms with Crippen LogP contribution in [-0.4, -0.2) is 43.1 Å². The third-order valence-electron chi connectivity index (χ3n) is 3.24. The fourth-order valence-electron chi connectivity index (χ4n) is 1.86. The first-order chi connectivity index (χ1) is 12.7. The Kier molecular flexibility index (Phi) is 6.35. The molecule has 0 aliphatic heterocycles. The van der Waals surface area contributed by atoms with Crippen molar-refractivity contribution < 1.29 is 27.8 Å². The molecule has 0 aliphatic carbocycles. The zero-order valence-electron chi connectivity index (χ0n) is 15.0. The van der Waals surface area contributed by atoms with Gasteiger partial charge in [0.2, 0.25) is 5.88 Å². The Morgan fingerprint density at radius 1 is 1.30 bits per heavy atom. The molecule has 0 fully saturated rings. The highest BCUT2D eigenvalue weighted by Crippen LogP contribution is 2.30. The monoisotopic (exact) mass is 393 g/mol. The quantitative estimate of drug-likeness (QED) is 0.318. The normalized spacial score (nSPS) is 11.7. The van der Waals surface area contributed by atoms with Gasteiger partial charge in [0.05, 0.1) is 17.2 Å². The number of hydrogen-bond donors (Lipinski definition) is 2. The highest BCUT2D eigenvalue weighted by molar-refractivity contribution is 7.90. The fourth-order valence-corrected chi connectivity index (χ4v) is 2.42. The number of esters is 1. The number of phenolic OH excluding ortho intramolecular Hbond substituents is 1. The van der Waals surface area contributed by atoms with Crippen molar-refractivity contribution in [2.45, 2.75) is 18.7 Å². The van der Waals surface area contributed by atoms with Crippen LogP contribution < -0.4 is 10.2 Å².